The van der Waals surface area contributed by atoms with E-state index in [1.165, 1.54) is 17.1 Å². The van der Waals surface area contributed by atoms with Crippen LogP contribution >= 0.6 is 0 Å². The number of nitrogens with zero attached hydrogens (tertiary/aromatic N) is 2. The first-order valence-corrected chi connectivity index (χ1v) is 8.13. The maximum atomic E-state index is 11.9. The van der Waals surface area contributed by atoms with Gasteiger partial charge in [-0.3, -0.25) is 14.8 Å². The number of imide groups is 1. The van der Waals surface area contributed by atoms with Crippen LogP contribution in [-0.4, -0.2) is 40.3 Å². The molecular weight excluding hydrogens is 312 g/mol. The third-order valence-electron chi connectivity index (χ3n) is 4.55. The Balaban J connectivity index is 1.73. The van der Waals surface area contributed by atoms with Crippen molar-refractivity contribution < 1.29 is 19.1 Å². The lowest BCUT2D eigenvalue weighted by atomic mass is 9.78. The van der Waals surface area contributed by atoms with E-state index in [2.05, 4.69) is 29.6 Å². The smallest absolute Gasteiger partial charge is 0.341 e. The molecule has 2 N–H and O–H groups in total. The Labute approximate surface area is 140 Å². The number of amides is 3. The summed E-state index contributed by atoms with van der Waals surface area (Å²) in [7, 11) is 1.67. The molecule has 1 saturated carbocycles. The topological polar surface area (TPSA) is 102 Å². The minimum Gasteiger partial charge on any atom is -0.452 e. The number of nitrogens with one attached hydrogen (secondary N) is 2. The zero-order valence-corrected chi connectivity index (χ0v) is 14.2. The van der Waals surface area contributed by atoms with Gasteiger partial charge in [0.2, 0.25) is 0 Å². The van der Waals surface area contributed by atoms with Crippen molar-refractivity contribution in [1.82, 2.24) is 20.4 Å². The molecule has 0 spiro atoms. The van der Waals surface area contributed by atoms with Crippen molar-refractivity contribution in [2.75, 3.05) is 6.61 Å². The zero-order valence-electron chi connectivity index (χ0n) is 14.2. The Bertz CT molecular complexity index is 613. The Kier molecular flexibility index (Phi) is 5.94. The summed E-state index contributed by atoms with van der Waals surface area (Å²) in [5.74, 6) is -0.419. The molecule has 132 valence electrons. The van der Waals surface area contributed by atoms with E-state index < -0.39 is 24.5 Å². The normalized spacial score (nSPS) is 23.4. The van der Waals surface area contributed by atoms with Crippen molar-refractivity contribution in [3.63, 3.8) is 0 Å². The van der Waals surface area contributed by atoms with E-state index in [0.29, 0.717) is 11.8 Å². The van der Waals surface area contributed by atoms with Gasteiger partial charge in [-0.05, 0) is 18.3 Å². The number of hydrogen-bond donors (Lipinski definition) is 2. The fourth-order valence-corrected chi connectivity index (χ4v) is 2.89. The number of carbonyl (C=O) groups is 3. The van der Waals surface area contributed by atoms with E-state index in [4.69, 9.17) is 4.74 Å². The van der Waals surface area contributed by atoms with E-state index in [1.807, 2.05) is 0 Å². The minimum absolute atomic E-state index is 0.0551. The SMILES string of the molecule is CC1CCCC(NC(=O)NC(=O)COC(=O)c2cnn(C)c2)C1C. The molecule has 3 unspecified atom stereocenters. The standard InChI is InChI=1S/C16H24N4O4/c1-10-5-4-6-13(11(10)2)18-16(23)19-14(21)9-24-15(22)12-7-17-20(3)8-12/h7-8,10-11,13H,4-6,9H2,1-3H3,(H2,18,19,21,23). The number of aryl methyl sites for hydroxylation is 1. The monoisotopic (exact) mass is 336 g/mol. The zero-order chi connectivity index (χ0) is 17.7. The summed E-state index contributed by atoms with van der Waals surface area (Å²) in [5.41, 5.74) is 0.250. The molecule has 1 aliphatic carbocycles. The number of urea groups is 1. The second-order valence-corrected chi connectivity index (χ2v) is 6.37. The van der Waals surface area contributed by atoms with Gasteiger partial charge in [0.25, 0.3) is 5.91 Å². The molecular formula is C16H24N4O4. The van der Waals surface area contributed by atoms with E-state index in [1.54, 1.807) is 7.05 Å². The van der Waals surface area contributed by atoms with Gasteiger partial charge in [0.05, 0.1) is 11.8 Å². The highest BCUT2D eigenvalue weighted by molar-refractivity contribution is 5.96. The summed E-state index contributed by atoms with van der Waals surface area (Å²) < 4.78 is 6.30. The fourth-order valence-electron chi connectivity index (χ4n) is 2.89. The van der Waals surface area contributed by atoms with Crippen molar-refractivity contribution in [3.05, 3.63) is 18.0 Å². The molecule has 1 aliphatic rings. The molecule has 0 bridgehead atoms. The van der Waals surface area contributed by atoms with Crippen molar-refractivity contribution in [1.29, 1.82) is 0 Å². The van der Waals surface area contributed by atoms with Gasteiger partial charge in [0.1, 0.15) is 0 Å². The van der Waals surface area contributed by atoms with Gasteiger partial charge < -0.3 is 10.1 Å². The molecule has 2 rings (SSSR count). The van der Waals surface area contributed by atoms with Crippen LogP contribution in [0.1, 0.15) is 43.5 Å². The van der Waals surface area contributed by atoms with E-state index >= 15 is 0 Å². The highest BCUT2D eigenvalue weighted by atomic mass is 16.5. The number of aromatic nitrogens is 2. The summed E-state index contributed by atoms with van der Waals surface area (Å²) in [4.78, 5) is 35.3. The highest BCUT2D eigenvalue weighted by Gasteiger charge is 2.28. The third-order valence-corrected chi connectivity index (χ3v) is 4.55. The van der Waals surface area contributed by atoms with Crippen LogP contribution in [-0.2, 0) is 16.6 Å². The first-order chi connectivity index (χ1) is 11.4. The quantitative estimate of drug-likeness (QED) is 0.805. The van der Waals surface area contributed by atoms with Crippen LogP contribution < -0.4 is 10.6 Å². The second-order valence-electron chi connectivity index (χ2n) is 6.37. The summed E-state index contributed by atoms with van der Waals surface area (Å²) in [6.07, 6.45) is 5.96. The number of hydrogen-bond acceptors (Lipinski definition) is 5. The average Bonchev–Trinajstić information content (AvgIpc) is 2.96. The lowest BCUT2D eigenvalue weighted by Crippen LogP contribution is -2.49. The molecule has 1 fully saturated rings. The fraction of sp³-hybridized carbons (Fsp3) is 0.625. The van der Waals surface area contributed by atoms with Crippen LogP contribution in [0.4, 0.5) is 4.79 Å². The molecule has 8 heteroatoms. The molecule has 3 amide bonds. The van der Waals surface area contributed by atoms with Crippen molar-refractivity contribution in [3.8, 4) is 0 Å². The Morgan fingerprint density at radius 2 is 2.08 bits per heavy atom. The van der Waals surface area contributed by atoms with Gasteiger partial charge in [0.15, 0.2) is 6.61 Å². The van der Waals surface area contributed by atoms with Gasteiger partial charge in [-0.2, -0.15) is 5.10 Å². The molecule has 0 saturated heterocycles. The molecule has 1 aromatic heterocycles. The maximum Gasteiger partial charge on any atom is 0.341 e. The van der Waals surface area contributed by atoms with Gasteiger partial charge in [-0.25, -0.2) is 9.59 Å². The molecule has 24 heavy (non-hydrogen) atoms. The Hall–Kier alpha value is -2.38. The lowest BCUT2D eigenvalue weighted by Gasteiger charge is -2.34. The van der Waals surface area contributed by atoms with Crippen molar-refractivity contribution in [2.45, 2.75) is 39.2 Å². The largest absolute Gasteiger partial charge is 0.452 e. The molecule has 8 nitrogen and oxygen atoms in total. The van der Waals surface area contributed by atoms with Crippen LogP contribution in [0.25, 0.3) is 0 Å². The summed E-state index contributed by atoms with van der Waals surface area (Å²) in [5, 5.41) is 8.86. The molecule has 0 aliphatic heterocycles. The average molecular weight is 336 g/mol. The molecule has 0 aromatic carbocycles. The lowest BCUT2D eigenvalue weighted by molar-refractivity contribution is -0.123. The van der Waals surface area contributed by atoms with E-state index in [-0.39, 0.29) is 11.6 Å². The molecule has 1 aromatic rings. The number of esters is 1. The maximum absolute atomic E-state index is 11.9. The summed E-state index contributed by atoms with van der Waals surface area (Å²) >= 11 is 0. The van der Waals surface area contributed by atoms with Crippen LogP contribution in [0.3, 0.4) is 0 Å². The summed E-state index contributed by atoms with van der Waals surface area (Å²) in [6, 6.07) is -0.497. The van der Waals surface area contributed by atoms with Gasteiger partial charge in [0, 0.05) is 19.3 Å². The van der Waals surface area contributed by atoms with Crippen LogP contribution in [0.15, 0.2) is 12.4 Å². The van der Waals surface area contributed by atoms with Gasteiger partial charge >= 0.3 is 12.0 Å². The summed E-state index contributed by atoms with van der Waals surface area (Å²) in [6.45, 7) is 3.75. The molecule has 3 atom stereocenters. The predicted molar refractivity (Wildman–Crippen MR) is 86.1 cm³/mol. The third kappa shape index (κ3) is 4.81. The van der Waals surface area contributed by atoms with Crippen LogP contribution in [0.2, 0.25) is 0 Å². The van der Waals surface area contributed by atoms with Crippen LogP contribution in [0.5, 0.6) is 0 Å². The first kappa shape index (κ1) is 18.0. The number of rotatable bonds is 4. The molecule has 1 heterocycles. The second kappa shape index (κ2) is 7.94. The van der Waals surface area contributed by atoms with Crippen LogP contribution in [0, 0.1) is 11.8 Å². The molecule has 0 radical (unpaired) electrons. The minimum atomic E-state index is -0.666. The Morgan fingerprint density at radius 3 is 2.75 bits per heavy atom. The van der Waals surface area contributed by atoms with Gasteiger partial charge in [-0.1, -0.05) is 26.7 Å². The van der Waals surface area contributed by atoms with Gasteiger partial charge in [-0.15, -0.1) is 0 Å². The van der Waals surface area contributed by atoms with Crippen molar-refractivity contribution >= 4 is 17.9 Å². The predicted octanol–water partition coefficient (Wildman–Crippen LogP) is 1.23. The number of carbonyl (C=O) groups excluding carboxylic acids is 3. The number of ether oxygens (including phenoxy) is 1. The first-order valence-electron chi connectivity index (χ1n) is 8.13. The van der Waals surface area contributed by atoms with E-state index in [9.17, 15) is 14.4 Å². The van der Waals surface area contributed by atoms with E-state index in [0.717, 1.165) is 19.3 Å². The van der Waals surface area contributed by atoms with Crippen molar-refractivity contribution in [2.24, 2.45) is 18.9 Å². The highest BCUT2D eigenvalue weighted by Crippen LogP contribution is 2.29. The Morgan fingerprint density at radius 1 is 1.33 bits per heavy atom.